The van der Waals surface area contributed by atoms with E-state index in [4.69, 9.17) is 0 Å². The molecule has 1 N–H and O–H groups in total. The molecule has 146 valence electrons. The van der Waals surface area contributed by atoms with E-state index in [1.54, 1.807) is 0 Å². The molecule has 3 saturated heterocycles. The Hall–Kier alpha value is -0.970. The third kappa shape index (κ3) is 4.47. The number of anilines is 1. The lowest BCUT2D eigenvalue weighted by molar-refractivity contribution is 0.0681. The van der Waals surface area contributed by atoms with Crippen molar-refractivity contribution in [3.8, 4) is 0 Å². The molecule has 3 aliphatic rings. The fourth-order valence-electron chi connectivity index (χ4n) is 4.68. The summed E-state index contributed by atoms with van der Waals surface area (Å²) in [5, 5.41) is 3.65. The SMILES string of the molecule is CN(C(=O)c1ccc(N2CCCCC2)cc1)C1CC2CCC(C1)N2.Cl.Cl. The number of carbonyl (C=O) groups excluding carboxylic acids is 1. The topological polar surface area (TPSA) is 35.6 Å². The van der Waals surface area contributed by atoms with Crippen LogP contribution in [0.5, 0.6) is 0 Å². The van der Waals surface area contributed by atoms with Crippen LogP contribution < -0.4 is 10.2 Å². The molecular weight excluding hydrogens is 369 g/mol. The number of nitrogens with zero attached hydrogens (tertiary/aromatic N) is 2. The molecule has 0 aromatic heterocycles. The number of amides is 1. The highest BCUT2D eigenvalue weighted by Crippen LogP contribution is 2.30. The third-order valence-corrected chi connectivity index (χ3v) is 6.15. The second-order valence-corrected chi connectivity index (χ2v) is 7.77. The summed E-state index contributed by atoms with van der Waals surface area (Å²) in [7, 11) is 1.98. The fraction of sp³-hybridized carbons (Fsp3) is 0.650. The summed E-state index contributed by atoms with van der Waals surface area (Å²) < 4.78 is 0. The predicted octanol–water partition coefficient (Wildman–Crippen LogP) is 3.88. The van der Waals surface area contributed by atoms with E-state index in [9.17, 15) is 4.79 Å². The van der Waals surface area contributed by atoms with Gasteiger partial charge in [-0.25, -0.2) is 0 Å². The molecule has 0 radical (unpaired) electrons. The molecule has 4 nitrogen and oxygen atoms in total. The monoisotopic (exact) mass is 399 g/mol. The van der Waals surface area contributed by atoms with E-state index >= 15 is 0 Å². The first kappa shape index (κ1) is 21.3. The van der Waals surface area contributed by atoms with E-state index < -0.39 is 0 Å². The molecule has 1 aromatic rings. The quantitative estimate of drug-likeness (QED) is 0.837. The van der Waals surface area contributed by atoms with Crippen LogP contribution in [0.3, 0.4) is 0 Å². The summed E-state index contributed by atoms with van der Waals surface area (Å²) in [5.74, 6) is 0.173. The summed E-state index contributed by atoms with van der Waals surface area (Å²) in [6.45, 7) is 2.29. The summed E-state index contributed by atoms with van der Waals surface area (Å²) in [6, 6.07) is 9.89. The van der Waals surface area contributed by atoms with Gasteiger partial charge >= 0.3 is 0 Å². The predicted molar refractivity (Wildman–Crippen MR) is 112 cm³/mol. The largest absolute Gasteiger partial charge is 0.372 e. The number of carbonyl (C=O) groups is 1. The van der Waals surface area contributed by atoms with Crippen molar-refractivity contribution in [2.75, 3.05) is 25.0 Å². The van der Waals surface area contributed by atoms with Crippen LogP contribution in [0.1, 0.15) is 55.3 Å². The van der Waals surface area contributed by atoms with Crippen molar-refractivity contribution in [3.63, 3.8) is 0 Å². The zero-order chi connectivity index (χ0) is 16.5. The molecule has 2 bridgehead atoms. The lowest BCUT2D eigenvalue weighted by Crippen LogP contribution is -2.48. The van der Waals surface area contributed by atoms with Crippen molar-refractivity contribution in [2.45, 2.75) is 63.1 Å². The fourth-order valence-corrected chi connectivity index (χ4v) is 4.68. The van der Waals surface area contributed by atoms with E-state index in [-0.39, 0.29) is 30.7 Å². The molecule has 1 amide bonds. The van der Waals surface area contributed by atoms with E-state index in [0.717, 1.165) is 31.5 Å². The number of rotatable bonds is 3. The van der Waals surface area contributed by atoms with Crippen LogP contribution in [0.15, 0.2) is 24.3 Å². The van der Waals surface area contributed by atoms with Crippen molar-refractivity contribution < 1.29 is 4.79 Å². The van der Waals surface area contributed by atoms with Crippen LogP contribution in [-0.4, -0.2) is 49.1 Å². The van der Waals surface area contributed by atoms with Crippen molar-refractivity contribution in [3.05, 3.63) is 29.8 Å². The molecule has 1 aromatic carbocycles. The molecule has 6 heteroatoms. The minimum Gasteiger partial charge on any atom is -0.372 e. The second-order valence-electron chi connectivity index (χ2n) is 7.77. The van der Waals surface area contributed by atoms with Crippen LogP contribution in [0.25, 0.3) is 0 Å². The highest BCUT2D eigenvalue weighted by atomic mass is 35.5. The Morgan fingerprint density at radius 2 is 1.58 bits per heavy atom. The summed E-state index contributed by atoms with van der Waals surface area (Å²) >= 11 is 0. The van der Waals surface area contributed by atoms with E-state index in [1.165, 1.54) is 37.8 Å². The molecule has 0 saturated carbocycles. The van der Waals surface area contributed by atoms with E-state index in [2.05, 4.69) is 22.3 Å². The minimum atomic E-state index is 0. The zero-order valence-electron chi connectivity index (χ0n) is 15.5. The average Bonchev–Trinajstić information content (AvgIpc) is 2.99. The van der Waals surface area contributed by atoms with E-state index in [0.29, 0.717) is 18.1 Å². The van der Waals surface area contributed by atoms with Crippen LogP contribution in [0, 0.1) is 0 Å². The lowest BCUT2D eigenvalue weighted by Gasteiger charge is -2.35. The normalized spacial score (nSPS) is 27.3. The molecule has 3 aliphatic heterocycles. The Bertz CT molecular complexity index is 577. The van der Waals surface area contributed by atoms with Crippen molar-refractivity contribution in [1.82, 2.24) is 10.2 Å². The molecule has 4 rings (SSSR count). The molecule has 3 heterocycles. The van der Waals surface area contributed by atoms with E-state index in [1.807, 2.05) is 24.1 Å². The van der Waals surface area contributed by atoms with Gasteiger partial charge in [-0.15, -0.1) is 24.8 Å². The molecule has 0 aliphatic carbocycles. The minimum absolute atomic E-state index is 0. The summed E-state index contributed by atoms with van der Waals surface area (Å²) in [4.78, 5) is 17.3. The maximum atomic E-state index is 12.9. The number of hydrogen-bond acceptors (Lipinski definition) is 3. The van der Waals surface area contributed by atoms with Crippen molar-refractivity contribution in [2.24, 2.45) is 0 Å². The average molecular weight is 400 g/mol. The number of piperidine rings is 2. The van der Waals surface area contributed by atoms with Crippen LogP contribution >= 0.6 is 24.8 Å². The van der Waals surface area contributed by atoms with Crippen molar-refractivity contribution in [1.29, 1.82) is 0 Å². The number of hydrogen-bond donors (Lipinski definition) is 1. The Kier molecular flexibility index (Phi) is 7.63. The van der Waals surface area contributed by atoms with Gasteiger partial charge in [0.25, 0.3) is 5.91 Å². The highest BCUT2D eigenvalue weighted by Gasteiger charge is 2.36. The van der Waals surface area contributed by atoms with Crippen LogP contribution in [0.4, 0.5) is 5.69 Å². The lowest BCUT2D eigenvalue weighted by atomic mass is 9.98. The van der Waals surface area contributed by atoms with Gasteiger partial charge in [-0.3, -0.25) is 4.79 Å². The van der Waals surface area contributed by atoms with Crippen LogP contribution in [0.2, 0.25) is 0 Å². The Balaban J connectivity index is 0.00000121. The first-order chi connectivity index (χ1) is 11.7. The molecule has 3 fully saturated rings. The van der Waals surface area contributed by atoms with Gasteiger partial charge in [-0.1, -0.05) is 0 Å². The highest BCUT2D eigenvalue weighted by molar-refractivity contribution is 5.94. The number of fused-ring (bicyclic) bond motifs is 2. The first-order valence-corrected chi connectivity index (χ1v) is 9.59. The van der Waals surface area contributed by atoms with Crippen molar-refractivity contribution >= 4 is 36.4 Å². The third-order valence-electron chi connectivity index (χ3n) is 6.15. The smallest absolute Gasteiger partial charge is 0.253 e. The molecule has 2 atom stereocenters. The van der Waals surface area contributed by atoms with Gasteiger partial charge in [0.2, 0.25) is 0 Å². The van der Waals surface area contributed by atoms with Gasteiger partial charge in [0.1, 0.15) is 0 Å². The number of benzene rings is 1. The van der Waals surface area contributed by atoms with Gasteiger partial charge < -0.3 is 15.1 Å². The van der Waals surface area contributed by atoms with Gasteiger partial charge in [-0.2, -0.15) is 0 Å². The van der Waals surface area contributed by atoms with Gasteiger partial charge in [0.15, 0.2) is 0 Å². The molecule has 2 unspecified atom stereocenters. The number of nitrogens with one attached hydrogen (secondary N) is 1. The van der Waals surface area contributed by atoms with Crippen LogP contribution in [-0.2, 0) is 0 Å². The second kappa shape index (κ2) is 9.29. The van der Waals surface area contributed by atoms with Gasteiger partial charge in [0, 0.05) is 49.5 Å². The van der Waals surface area contributed by atoms with Gasteiger partial charge in [0.05, 0.1) is 0 Å². The molecule has 26 heavy (non-hydrogen) atoms. The Labute approximate surface area is 169 Å². The number of halogens is 2. The summed E-state index contributed by atoms with van der Waals surface area (Å²) in [5.41, 5.74) is 2.08. The maximum absolute atomic E-state index is 12.9. The zero-order valence-corrected chi connectivity index (χ0v) is 17.2. The Morgan fingerprint density at radius 3 is 2.15 bits per heavy atom. The molecular formula is C20H31Cl2N3O. The Morgan fingerprint density at radius 1 is 1.00 bits per heavy atom. The summed E-state index contributed by atoms with van der Waals surface area (Å²) in [6.07, 6.45) is 8.65. The standard InChI is InChI=1S/C20H29N3O.2ClH/c1-22(19-13-16-7-8-17(14-19)21-16)20(24)15-5-9-18(10-6-15)23-11-3-2-4-12-23;;/h5-6,9-10,16-17,19,21H,2-4,7-8,11-14H2,1H3;2*1H. The van der Waals surface area contributed by atoms with Gasteiger partial charge in [-0.05, 0) is 69.2 Å². The maximum Gasteiger partial charge on any atom is 0.253 e. The first-order valence-electron chi connectivity index (χ1n) is 9.59. The molecule has 0 spiro atoms.